The monoisotopic (exact) mass is 169 g/mol. The van der Waals surface area contributed by atoms with Crippen molar-refractivity contribution in [1.29, 1.82) is 0 Å². The maximum absolute atomic E-state index is 10.5. The zero-order chi connectivity index (χ0) is 7.98. The van der Waals surface area contributed by atoms with E-state index in [0.29, 0.717) is 0 Å². The molecule has 0 fully saturated rings. The summed E-state index contributed by atoms with van der Waals surface area (Å²) in [6, 6.07) is 0. The molecule has 0 saturated carbocycles. The average Bonchev–Trinajstić information content (AvgIpc) is 1.99. The highest BCUT2D eigenvalue weighted by Gasteiger charge is 2.01. The number of aliphatic hydroxyl groups excluding tert-OH is 2. The highest BCUT2D eigenvalue weighted by atomic mass is 32.2. The summed E-state index contributed by atoms with van der Waals surface area (Å²) in [6.07, 6.45) is -1.12. The van der Waals surface area contributed by atoms with Crippen molar-refractivity contribution < 1.29 is 19.2 Å². The van der Waals surface area contributed by atoms with Gasteiger partial charge in [-0.05, 0) is 0 Å². The fourth-order valence-corrected chi connectivity index (χ4v) is 0.713. The third-order valence-corrected chi connectivity index (χ3v) is 1.56. The standard InChI is InChI=1S/C4H11NO4S/c1-9-4(7)5-2-10(8)3-6/h4-7H,2-3H2,1H3. The lowest BCUT2D eigenvalue weighted by atomic mass is 11.0. The van der Waals surface area contributed by atoms with E-state index in [0.717, 1.165) is 0 Å². The maximum atomic E-state index is 10.5. The molecular weight excluding hydrogens is 158 g/mol. The first-order valence-electron chi connectivity index (χ1n) is 2.60. The third kappa shape index (κ3) is 4.83. The molecule has 0 radical (unpaired) electrons. The number of hydrogen-bond acceptors (Lipinski definition) is 5. The largest absolute Gasteiger partial charge is 0.383 e. The fraction of sp³-hybridized carbons (Fsp3) is 1.00. The number of ether oxygens (including phenoxy) is 1. The molecule has 2 unspecified atom stereocenters. The number of methoxy groups -OCH3 is 1. The van der Waals surface area contributed by atoms with Crippen LogP contribution in [0.15, 0.2) is 0 Å². The molecule has 3 N–H and O–H groups in total. The van der Waals surface area contributed by atoms with Gasteiger partial charge in [-0.25, -0.2) is 0 Å². The molecule has 0 amide bonds. The Bertz CT molecular complexity index is 109. The van der Waals surface area contributed by atoms with Crippen LogP contribution in [0.3, 0.4) is 0 Å². The third-order valence-electron chi connectivity index (χ3n) is 0.786. The molecule has 5 nitrogen and oxygen atoms in total. The fourth-order valence-electron chi connectivity index (χ4n) is 0.293. The molecule has 0 spiro atoms. The van der Waals surface area contributed by atoms with Crippen LogP contribution in [0.1, 0.15) is 0 Å². The lowest BCUT2D eigenvalue weighted by Gasteiger charge is -2.08. The molecule has 0 bridgehead atoms. The van der Waals surface area contributed by atoms with Crippen molar-refractivity contribution in [2.24, 2.45) is 0 Å². The first-order valence-corrected chi connectivity index (χ1v) is 4.09. The highest BCUT2D eigenvalue weighted by Crippen LogP contribution is 1.79. The first kappa shape index (κ1) is 9.99. The van der Waals surface area contributed by atoms with Crippen LogP contribution < -0.4 is 5.32 Å². The van der Waals surface area contributed by atoms with E-state index < -0.39 is 23.2 Å². The lowest BCUT2D eigenvalue weighted by Crippen LogP contribution is -2.33. The second-order valence-corrected chi connectivity index (χ2v) is 2.93. The molecule has 0 aliphatic carbocycles. The second-order valence-electron chi connectivity index (χ2n) is 1.51. The Morgan fingerprint density at radius 3 is 2.80 bits per heavy atom. The van der Waals surface area contributed by atoms with Gasteiger partial charge in [0.25, 0.3) is 0 Å². The van der Waals surface area contributed by atoms with Gasteiger partial charge in [0.2, 0.25) is 6.41 Å². The Labute approximate surface area is 61.5 Å². The summed E-state index contributed by atoms with van der Waals surface area (Å²) in [7, 11) is -0.0396. The van der Waals surface area contributed by atoms with Gasteiger partial charge in [-0.1, -0.05) is 0 Å². The van der Waals surface area contributed by atoms with Gasteiger partial charge >= 0.3 is 0 Å². The smallest absolute Gasteiger partial charge is 0.213 e. The van der Waals surface area contributed by atoms with Gasteiger partial charge in [-0.3, -0.25) is 9.53 Å². The average molecular weight is 169 g/mol. The van der Waals surface area contributed by atoms with E-state index in [4.69, 9.17) is 10.2 Å². The topological polar surface area (TPSA) is 78.8 Å². The normalized spacial score (nSPS) is 16.7. The van der Waals surface area contributed by atoms with E-state index >= 15 is 0 Å². The summed E-state index contributed by atoms with van der Waals surface area (Å²) < 4.78 is 14.8. The van der Waals surface area contributed by atoms with Gasteiger partial charge in [0.15, 0.2) is 0 Å². The number of aliphatic hydroxyl groups is 2. The molecule has 0 aromatic heterocycles. The molecular formula is C4H11NO4S. The molecule has 0 aromatic rings. The van der Waals surface area contributed by atoms with E-state index in [1.807, 2.05) is 0 Å². The second kappa shape index (κ2) is 5.75. The zero-order valence-corrected chi connectivity index (χ0v) is 6.43. The van der Waals surface area contributed by atoms with Gasteiger partial charge in [-0.2, -0.15) is 0 Å². The summed E-state index contributed by atoms with van der Waals surface area (Å²) in [4.78, 5) is 0. The minimum absolute atomic E-state index is 0.0194. The van der Waals surface area contributed by atoms with Crippen LogP contribution in [0, 0.1) is 0 Å². The Morgan fingerprint density at radius 1 is 1.80 bits per heavy atom. The summed E-state index contributed by atoms with van der Waals surface area (Å²) in [5.41, 5.74) is 0. The molecule has 10 heavy (non-hydrogen) atoms. The van der Waals surface area contributed by atoms with Crippen molar-refractivity contribution in [3.8, 4) is 0 Å². The summed E-state index contributed by atoms with van der Waals surface area (Å²) in [5.74, 6) is -0.394. The molecule has 0 heterocycles. The predicted octanol–water partition coefficient (Wildman–Crippen LogP) is -1.85. The SMILES string of the molecule is COC(O)NCS(=O)CO. The van der Waals surface area contributed by atoms with Crippen molar-refractivity contribution in [3.05, 3.63) is 0 Å². The number of rotatable bonds is 5. The van der Waals surface area contributed by atoms with Crippen molar-refractivity contribution in [1.82, 2.24) is 5.32 Å². The van der Waals surface area contributed by atoms with Crippen LogP contribution in [0.4, 0.5) is 0 Å². The predicted molar refractivity (Wildman–Crippen MR) is 36.2 cm³/mol. The quantitative estimate of drug-likeness (QED) is 0.421. The summed E-state index contributed by atoms with van der Waals surface area (Å²) >= 11 is 0. The van der Waals surface area contributed by atoms with Gasteiger partial charge in [0, 0.05) is 7.11 Å². The Hall–Kier alpha value is -0.0100. The zero-order valence-electron chi connectivity index (χ0n) is 5.61. The highest BCUT2D eigenvalue weighted by molar-refractivity contribution is 7.84. The minimum Gasteiger partial charge on any atom is -0.383 e. The van der Waals surface area contributed by atoms with Crippen molar-refractivity contribution in [2.45, 2.75) is 6.41 Å². The van der Waals surface area contributed by atoms with E-state index in [9.17, 15) is 4.21 Å². The van der Waals surface area contributed by atoms with Crippen molar-refractivity contribution >= 4 is 10.8 Å². The summed E-state index contributed by atoms with van der Waals surface area (Å²) in [6.45, 7) is 0. The van der Waals surface area contributed by atoms with E-state index in [2.05, 4.69) is 10.1 Å². The minimum atomic E-state index is -1.34. The van der Waals surface area contributed by atoms with Gasteiger partial charge < -0.3 is 14.9 Å². The molecule has 0 aliphatic rings. The van der Waals surface area contributed by atoms with Crippen LogP contribution in [0.5, 0.6) is 0 Å². The van der Waals surface area contributed by atoms with Gasteiger partial charge in [-0.15, -0.1) is 0 Å². The van der Waals surface area contributed by atoms with E-state index in [1.165, 1.54) is 7.11 Å². The van der Waals surface area contributed by atoms with Crippen molar-refractivity contribution in [3.63, 3.8) is 0 Å². The number of nitrogens with one attached hydrogen (secondary N) is 1. The van der Waals surface area contributed by atoms with Crippen LogP contribution in [0.2, 0.25) is 0 Å². The van der Waals surface area contributed by atoms with E-state index in [1.54, 1.807) is 0 Å². The molecule has 2 atom stereocenters. The Morgan fingerprint density at radius 2 is 2.40 bits per heavy atom. The van der Waals surface area contributed by atoms with Gasteiger partial charge in [0.05, 0.1) is 16.7 Å². The van der Waals surface area contributed by atoms with Gasteiger partial charge in [0.1, 0.15) is 5.94 Å². The van der Waals surface area contributed by atoms with Crippen LogP contribution in [0.25, 0.3) is 0 Å². The lowest BCUT2D eigenvalue weighted by molar-refractivity contribution is -0.0931. The molecule has 0 rings (SSSR count). The molecule has 0 aliphatic heterocycles. The molecule has 0 saturated heterocycles. The Balaban J connectivity index is 3.26. The number of hydrogen-bond donors (Lipinski definition) is 3. The first-order chi connectivity index (χ1) is 4.70. The maximum Gasteiger partial charge on any atom is 0.213 e. The van der Waals surface area contributed by atoms with E-state index in [-0.39, 0.29) is 5.88 Å². The van der Waals surface area contributed by atoms with Crippen molar-refractivity contribution in [2.75, 3.05) is 18.9 Å². The molecule has 0 aromatic carbocycles. The van der Waals surface area contributed by atoms with Crippen LogP contribution in [-0.4, -0.2) is 39.8 Å². The molecule has 62 valence electrons. The van der Waals surface area contributed by atoms with Crippen LogP contribution >= 0.6 is 0 Å². The molecule has 6 heteroatoms. The summed E-state index contributed by atoms with van der Waals surface area (Å²) in [5, 5.41) is 19.3. The Kier molecular flexibility index (Phi) is 5.74. The van der Waals surface area contributed by atoms with Crippen LogP contribution in [-0.2, 0) is 15.5 Å².